The molecule has 0 N–H and O–H groups in total. The first-order valence-electron chi connectivity index (χ1n) is 6.13. The molecule has 1 heterocycles. The van der Waals surface area contributed by atoms with Crippen molar-refractivity contribution < 1.29 is 23.5 Å². The third-order valence-corrected chi connectivity index (χ3v) is 2.36. The Kier molecular flexibility index (Phi) is 4.75. The molecule has 5 heteroatoms. The molecule has 1 aromatic heterocycles. The molecule has 0 saturated carbocycles. The largest absolute Gasteiger partial charge is 0.463 e. The number of carbonyl (C=O) groups is 2. The van der Waals surface area contributed by atoms with Gasteiger partial charge in [-0.15, -0.1) is 0 Å². The van der Waals surface area contributed by atoms with Gasteiger partial charge in [0.1, 0.15) is 11.4 Å². The van der Waals surface area contributed by atoms with Gasteiger partial charge in [-0.2, -0.15) is 0 Å². The van der Waals surface area contributed by atoms with E-state index in [-0.39, 0.29) is 17.6 Å². The lowest BCUT2D eigenvalue weighted by Crippen LogP contribution is -2.28. The molecule has 1 unspecified atom stereocenters. The Bertz CT molecular complexity index is 453. The number of ether oxygens (including phenoxy) is 2. The highest BCUT2D eigenvalue weighted by molar-refractivity contribution is 5.86. The summed E-state index contributed by atoms with van der Waals surface area (Å²) in [5.41, 5.74) is -0.508. The lowest BCUT2D eigenvalue weighted by atomic mass is 10.1. The molecule has 0 aliphatic rings. The first-order chi connectivity index (χ1) is 8.73. The number of methoxy groups -OCH3 is 1. The van der Waals surface area contributed by atoms with Crippen LogP contribution in [0.1, 0.15) is 44.0 Å². The summed E-state index contributed by atoms with van der Waals surface area (Å²) in [6.45, 7) is 7.22. The molecule has 0 amide bonds. The third-order valence-electron chi connectivity index (χ3n) is 2.36. The van der Waals surface area contributed by atoms with Crippen LogP contribution in [0.3, 0.4) is 0 Å². The van der Waals surface area contributed by atoms with Gasteiger partial charge in [-0.05, 0) is 32.9 Å². The van der Waals surface area contributed by atoms with Crippen LogP contribution in [-0.2, 0) is 20.7 Å². The van der Waals surface area contributed by atoms with Crippen LogP contribution in [0.4, 0.5) is 0 Å². The van der Waals surface area contributed by atoms with Crippen molar-refractivity contribution in [2.45, 2.75) is 39.7 Å². The zero-order chi connectivity index (χ0) is 14.6. The maximum atomic E-state index is 11.8. The predicted octanol–water partition coefficient (Wildman–Crippen LogP) is 2.59. The zero-order valence-electron chi connectivity index (χ0n) is 12.0. The summed E-state index contributed by atoms with van der Waals surface area (Å²) in [6.07, 6.45) is 0.381. The summed E-state index contributed by atoms with van der Waals surface area (Å²) in [5, 5.41) is 0. The van der Waals surface area contributed by atoms with Gasteiger partial charge in [0.25, 0.3) is 0 Å². The van der Waals surface area contributed by atoms with Gasteiger partial charge < -0.3 is 13.9 Å². The number of carbonyl (C=O) groups excluding carboxylic acids is 2. The summed E-state index contributed by atoms with van der Waals surface area (Å²) in [6, 6.07) is 3.19. The summed E-state index contributed by atoms with van der Waals surface area (Å²) in [5.74, 6) is -0.469. The van der Waals surface area contributed by atoms with Crippen LogP contribution in [0.5, 0.6) is 0 Å². The maximum Gasteiger partial charge on any atom is 0.373 e. The molecule has 0 spiro atoms. The van der Waals surface area contributed by atoms with Crippen LogP contribution < -0.4 is 0 Å². The van der Waals surface area contributed by atoms with E-state index in [2.05, 4.69) is 4.74 Å². The van der Waals surface area contributed by atoms with Crippen LogP contribution in [0.2, 0.25) is 0 Å². The second kappa shape index (κ2) is 5.91. The van der Waals surface area contributed by atoms with Crippen LogP contribution in [0, 0.1) is 5.92 Å². The van der Waals surface area contributed by atoms with E-state index in [1.165, 1.54) is 13.2 Å². The minimum Gasteiger partial charge on any atom is -0.463 e. The molecule has 1 rings (SSSR count). The highest BCUT2D eigenvalue weighted by Crippen LogP contribution is 2.17. The van der Waals surface area contributed by atoms with E-state index in [9.17, 15) is 9.59 Å². The Labute approximate surface area is 112 Å². The minimum absolute atomic E-state index is 0.133. The lowest BCUT2D eigenvalue weighted by molar-refractivity contribution is -0.159. The second-order valence-electron chi connectivity index (χ2n) is 5.40. The molecule has 0 aliphatic carbocycles. The highest BCUT2D eigenvalue weighted by atomic mass is 16.6. The van der Waals surface area contributed by atoms with Gasteiger partial charge in [-0.25, -0.2) is 4.79 Å². The first-order valence-corrected chi connectivity index (χ1v) is 6.13. The fraction of sp³-hybridized carbons (Fsp3) is 0.571. The summed E-state index contributed by atoms with van der Waals surface area (Å²) in [4.78, 5) is 23.0. The Morgan fingerprint density at radius 1 is 1.32 bits per heavy atom. The molecule has 5 nitrogen and oxygen atoms in total. The van der Waals surface area contributed by atoms with Crippen LogP contribution in [0.25, 0.3) is 0 Å². The van der Waals surface area contributed by atoms with E-state index in [4.69, 9.17) is 9.15 Å². The van der Waals surface area contributed by atoms with Crippen LogP contribution >= 0.6 is 0 Å². The summed E-state index contributed by atoms with van der Waals surface area (Å²) >= 11 is 0. The van der Waals surface area contributed by atoms with Crippen molar-refractivity contribution in [2.24, 2.45) is 5.92 Å². The molecule has 0 saturated heterocycles. The average molecular weight is 268 g/mol. The minimum atomic E-state index is -0.531. The van der Waals surface area contributed by atoms with Gasteiger partial charge in [0, 0.05) is 6.42 Å². The van der Waals surface area contributed by atoms with Crippen molar-refractivity contribution in [3.05, 3.63) is 23.7 Å². The van der Waals surface area contributed by atoms with Gasteiger partial charge in [-0.3, -0.25) is 4.79 Å². The summed E-state index contributed by atoms with van der Waals surface area (Å²) in [7, 11) is 1.29. The van der Waals surface area contributed by atoms with Crippen LogP contribution in [-0.4, -0.2) is 24.6 Å². The van der Waals surface area contributed by atoms with E-state index < -0.39 is 11.6 Å². The molecular weight excluding hydrogens is 248 g/mol. The number of hydrogen-bond acceptors (Lipinski definition) is 5. The topological polar surface area (TPSA) is 65.7 Å². The molecule has 0 bridgehead atoms. The molecule has 0 fully saturated rings. The van der Waals surface area contributed by atoms with Gasteiger partial charge in [0.05, 0.1) is 13.0 Å². The van der Waals surface area contributed by atoms with Crippen molar-refractivity contribution >= 4 is 11.9 Å². The van der Waals surface area contributed by atoms with E-state index in [0.29, 0.717) is 12.2 Å². The third kappa shape index (κ3) is 4.77. The Hall–Kier alpha value is -1.78. The molecule has 106 valence electrons. The van der Waals surface area contributed by atoms with E-state index in [0.717, 1.165) is 0 Å². The zero-order valence-corrected chi connectivity index (χ0v) is 12.0. The van der Waals surface area contributed by atoms with Crippen molar-refractivity contribution in [3.8, 4) is 0 Å². The number of esters is 2. The molecular formula is C14H20O5. The van der Waals surface area contributed by atoms with Crippen molar-refractivity contribution in [1.29, 1.82) is 0 Å². The fourth-order valence-corrected chi connectivity index (χ4v) is 1.49. The molecule has 1 aromatic rings. The average Bonchev–Trinajstić information content (AvgIpc) is 2.74. The van der Waals surface area contributed by atoms with E-state index in [1.807, 2.05) is 20.8 Å². The first kappa shape index (κ1) is 15.3. The molecule has 19 heavy (non-hydrogen) atoms. The quantitative estimate of drug-likeness (QED) is 0.785. The van der Waals surface area contributed by atoms with Crippen molar-refractivity contribution in [1.82, 2.24) is 0 Å². The molecule has 0 aliphatic heterocycles. The number of furan rings is 1. The van der Waals surface area contributed by atoms with Crippen molar-refractivity contribution in [2.75, 3.05) is 7.11 Å². The molecule has 1 atom stereocenters. The second-order valence-corrected chi connectivity index (χ2v) is 5.40. The molecule has 0 radical (unpaired) electrons. The van der Waals surface area contributed by atoms with E-state index in [1.54, 1.807) is 13.0 Å². The summed E-state index contributed by atoms with van der Waals surface area (Å²) < 4.78 is 15.1. The van der Waals surface area contributed by atoms with Crippen molar-refractivity contribution in [3.63, 3.8) is 0 Å². The SMILES string of the molecule is COC(=O)c1ccc(CC(C)C(=O)OC(C)(C)C)o1. The monoisotopic (exact) mass is 268 g/mol. The number of hydrogen-bond donors (Lipinski definition) is 0. The highest BCUT2D eigenvalue weighted by Gasteiger charge is 2.23. The Balaban J connectivity index is 2.62. The molecule has 0 aromatic carbocycles. The predicted molar refractivity (Wildman–Crippen MR) is 68.8 cm³/mol. The Morgan fingerprint density at radius 3 is 2.47 bits per heavy atom. The normalized spacial score (nSPS) is 12.9. The van der Waals surface area contributed by atoms with Crippen LogP contribution in [0.15, 0.2) is 16.5 Å². The fourth-order valence-electron chi connectivity index (χ4n) is 1.49. The van der Waals surface area contributed by atoms with Gasteiger partial charge >= 0.3 is 11.9 Å². The number of rotatable bonds is 4. The smallest absolute Gasteiger partial charge is 0.373 e. The standard InChI is InChI=1S/C14H20O5/c1-9(12(15)19-14(2,3)4)8-10-6-7-11(18-10)13(16)17-5/h6-7,9H,8H2,1-5H3. The lowest BCUT2D eigenvalue weighted by Gasteiger charge is -2.21. The van der Waals surface area contributed by atoms with E-state index >= 15 is 0 Å². The van der Waals surface area contributed by atoms with Gasteiger partial charge in [-0.1, -0.05) is 6.92 Å². The van der Waals surface area contributed by atoms with Gasteiger partial charge in [0.2, 0.25) is 5.76 Å². The van der Waals surface area contributed by atoms with Gasteiger partial charge in [0.15, 0.2) is 0 Å². The Morgan fingerprint density at radius 2 is 1.95 bits per heavy atom. The maximum absolute atomic E-state index is 11.8.